The third-order valence-corrected chi connectivity index (χ3v) is 4.84. The van der Waals surface area contributed by atoms with Gasteiger partial charge in [-0.05, 0) is 39.2 Å². The van der Waals surface area contributed by atoms with E-state index < -0.39 is 0 Å². The molecule has 0 aromatic heterocycles. The van der Waals surface area contributed by atoms with Crippen LogP contribution in [0.1, 0.15) is 71.1 Å². The van der Waals surface area contributed by atoms with Gasteiger partial charge in [-0.1, -0.05) is 32.1 Å². The molecule has 1 N–H and O–H groups in total. The van der Waals surface area contributed by atoms with Crippen LogP contribution in [0.5, 0.6) is 0 Å². The zero-order chi connectivity index (χ0) is 15.1. The van der Waals surface area contributed by atoms with Crippen molar-refractivity contribution in [2.24, 2.45) is 0 Å². The first kappa shape index (κ1) is 16.5. The fourth-order valence-corrected chi connectivity index (χ4v) is 3.71. The third-order valence-electron chi connectivity index (χ3n) is 4.84. The van der Waals surface area contributed by atoms with Crippen LogP contribution in [0.25, 0.3) is 0 Å². The van der Waals surface area contributed by atoms with Gasteiger partial charge in [0.25, 0.3) is 0 Å². The average Bonchev–Trinajstić information content (AvgIpc) is 2.65. The molecule has 0 radical (unpaired) electrons. The first-order valence-corrected chi connectivity index (χ1v) is 8.68. The lowest BCUT2D eigenvalue weighted by molar-refractivity contribution is -0.125. The van der Waals surface area contributed by atoms with Crippen LogP contribution in [0.2, 0.25) is 0 Å². The van der Waals surface area contributed by atoms with Crippen molar-refractivity contribution in [3.8, 4) is 0 Å². The predicted octanol–water partition coefficient (Wildman–Crippen LogP) is 2.66. The molecule has 1 aliphatic heterocycles. The number of nitrogens with zero attached hydrogens (tertiary/aromatic N) is 1. The standard InChI is InChI=1S/C17H30N2O2/c1-14(20)12-16-10-6-3-7-11-19(16)13-17(21)18-15-8-4-2-5-9-15/h15-16H,2-13H2,1H3,(H,18,21). The second-order valence-corrected chi connectivity index (χ2v) is 6.78. The van der Waals surface area contributed by atoms with Crippen molar-refractivity contribution < 1.29 is 9.59 Å². The zero-order valence-corrected chi connectivity index (χ0v) is 13.4. The van der Waals surface area contributed by atoms with E-state index >= 15 is 0 Å². The monoisotopic (exact) mass is 294 g/mol. The van der Waals surface area contributed by atoms with Crippen LogP contribution in [0.15, 0.2) is 0 Å². The van der Waals surface area contributed by atoms with E-state index in [1.165, 1.54) is 32.1 Å². The molecule has 2 rings (SSSR count). The number of hydrogen-bond acceptors (Lipinski definition) is 3. The van der Waals surface area contributed by atoms with Crippen LogP contribution in [-0.2, 0) is 9.59 Å². The molecule has 1 amide bonds. The van der Waals surface area contributed by atoms with Crippen LogP contribution in [-0.4, -0.2) is 41.8 Å². The summed E-state index contributed by atoms with van der Waals surface area (Å²) >= 11 is 0. The number of likely N-dealkylation sites (tertiary alicyclic amines) is 1. The van der Waals surface area contributed by atoms with E-state index in [2.05, 4.69) is 10.2 Å². The highest BCUT2D eigenvalue weighted by molar-refractivity contribution is 5.79. The Labute approximate surface area is 128 Å². The van der Waals surface area contributed by atoms with Gasteiger partial charge in [0.1, 0.15) is 5.78 Å². The summed E-state index contributed by atoms with van der Waals surface area (Å²) in [5, 5.41) is 3.19. The summed E-state index contributed by atoms with van der Waals surface area (Å²) in [4.78, 5) is 26.0. The molecule has 0 spiro atoms. The minimum Gasteiger partial charge on any atom is -0.352 e. The maximum atomic E-state index is 12.3. The van der Waals surface area contributed by atoms with Crippen molar-refractivity contribution in [3.05, 3.63) is 0 Å². The fourth-order valence-electron chi connectivity index (χ4n) is 3.71. The SMILES string of the molecule is CC(=O)CC1CCCCCN1CC(=O)NC1CCCCC1. The first-order valence-electron chi connectivity index (χ1n) is 8.68. The van der Waals surface area contributed by atoms with E-state index in [0.29, 0.717) is 19.0 Å². The smallest absolute Gasteiger partial charge is 0.234 e. The maximum Gasteiger partial charge on any atom is 0.234 e. The van der Waals surface area contributed by atoms with Crippen LogP contribution >= 0.6 is 0 Å². The Morgan fingerprint density at radius 1 is 1.00 bits per heavy atom. The van der Waals surface area contributed by atoms with E-state index in [0.717, 1.165) is 32.2 Å². The number of carbonyl (C=O) groups is 2. The van der Waals surface area contributed by atoms with Crippen molar-refractivity contribution in [1.29, 1.82) is 0 Å². The third kappa shape index (κ3) is 5.77. The van der Waals surface area contributed by atoms with Crippen molar-refractivity contribution in [2.75, 3.05) is 13.1 Å². The molecule has 4 heteroatoms. The summed E-state index contributed by atoms with van der Waals surface area (Å²) in [7, 11) is 0. The van der Waals surface area contributed by atoms with Crippen LogP contribution in [0.4, 0.5) is 0 Å². The molecule has 4 nitrogen and oxygen atoms in total. The number of ketones is 1. The lowest BCUT2D eigenvalue weighted by Crippen LogP contribution is -2.46. The fraction of sp³-hybridized carbons (Fsp3) is 0.882. The molecule has 21 heavy (non-hydrogen) atoms. The van der Waals surface area contributed by atoms with Crippen molar-refractivity contribution in [1.82, 2.24) is 10.2 Å². The van der Waals surface area contributed by atoms with E-state index in [-0.39, 0.29) is 17.7 Å². The Morgan fingerprint density at radius 3 is 2.38 bits per heavy atom. The molecule has 0 bridgehead atoms. The largest absolute Gasteiger partial charge is 0.352 e. The zero-order valence-electron chi connectivity index (χ0n) is 13.4. The normalized spacial score (nSPS) is 25.3. The molecule has 1 unspecified atom stereocenters. The van der Waals surface area contributed by atoms with Gasteiger partial charge in [0.2, 0.25) is 5.91 Å². The molecular formula is C17H30N2O2. The van der Waals surface area contributed by atoms with Crippen LogP contribution in [0, 0.1) is 0 Å². The molecule has 2 aliphatic rings. The maximum absolute atomic E-state index is 12.3. The highest BCUT2D eigenvalue weighted by Crippen LogP contribution is 2.20. The minimum atomic E-state index is 0.150. The highest BCUT2D eigenvalue weighted by atomic mass is 16.2. The van der Waals surface area contributed by atoms with Crippen molar-refractivity contribution in [3.63, 3.8) is 0 Å². The van der Waals surface area contributed by atoms with Gasteiger partial charge in [-0.3, -0.25) is 14.5 Å². The number of rotatable bonds is 5. The molecule has 1 saturated heterocycles. The summed E-state index contributed by atoms with van der Waals surface area (Å²) in [6.45, 7) is 3.08. The van der Waals surface area contributed by atoms with Gasteiger partial charge in [-0.2, -0.15) is 0 Å². The van der Waals surface area contributed by atoms with E-state index in [9.17, 15) is 9.59 Å². The first-order chi connectivity index (χ1) is 10.1. The molecule has 0 aromatic rings. The number of nitrogens with one attached hydrogen (secondary N) is 1. The van der Waals surface area contributed by atoms with Gasteiger partial charge >= 0.3 is 0 Å². The topological polar surface area (TPSA) is 49.4 Å². The summed E-state index contributed by atoms with van der Waals surface area (Å²) in [5.74, 6) is 0.386. The molecular weight excluding hydrogens is 264 g/mol. The van der Waals surface area contributed by atoms with E-state index in [1.54, 1.807) is 6.92 Å². The van der Waals surface area contributed by atoms with E-state index in [4.69, 9.17) is 0 Å². The molecule has 2 fully saturated rings. The van der Waals surface area contributed by atoms with Gasteiger partial charge in [-0.25, -0.2) is 0 Å². The van der Waals surface area contributed by atoms with Crippen molar-refractivity contribution >= 4 is 11.7 Å². The summed E-state index contributed by atoms with van der Waals surface area (Å²) in [5.41, 5.74) is 0. The Balaban J connectivity index is 1.84. The quantitative estimate of drug-likeness (QED) is 0.848. The van der Waals surface area contributed by atoms with E-state index in [1.807, 2.05) is 0 Å². The highest BCUT2D eigenvalue weighted by Gasteiger charge is 2.25. The Bertz CT molecular complexity index is 351. The molecule has 1 heterocycles. The number of carbonyl (C=O) groups excluding carboxylic acids is 2. The molecule has 0 aromatic carbocycles. The number of amides is 1. The second kappa shape index (κ2) is 8.52. The molecule has 1 atom stereocenters. The van der Waals surface area contributed by atoms with Crippen molar-refractivity contribution in [2.45, 2.75) is 83.2 Å². The molecule has 1 aliphatic carbocycles. The minimum absolute atomic E-state index is 0.150. The van der Waals surface area contributed by atoms with Gasteiger partial charge < -0.3 is 5.32 Å². The summed E-state index contributed by atoms with van der Waals surface area (Å²) in [6.07, 6.45) is 11.2. The average molecular weight is 294 g/mol. The number of Topliss-reactive ketones (excluding diaryl/α,β-unsaturated/α-hetero) is 1. The van der Waals surface area contributed by atoms with Gasteiger partial charge in [0.05, 0.1) is 6.54 Å². The predicted molar refractivity (Wildman–Crippen MR) is 84.1 cm³/mol. The number of hydrogen-bond donors (Lipinski definition) is 1. The Morgan fingerprint density at radius 2 is 1.67 bits per heavy atom. The Hall–Kier alpha value is -0.900. The summed E-state index contributed by atoms with van der Waals surface area (Å²) in [6, 6.07) is 0.645. The molecule has 120 valence electrons. The summed E-state index contributed by atoms with van der Waals surface area (Å²) < 4.78 is 0. The molecule has 1 saturated carbocycles. The lowest BCUT2D eigenvalue weighted by Gasteiger charge is -2.30. The second-order valence-electron chi connectivity index (χ2n) is 6.78. The Kier molecular flexibility index (Phi) is 6.68. The van der Waals surface area contributed by atoms with Gasteiger partial charge in [0.15, 0.2) is 0 Å². The van der Waals surface area contributed by atoms with Gasteiger partial charge in [-0.15, -0.1) is 0 Å². The van der Waals surface area contributed by atoms with Gasteiger partial charge in [0, 0.05) is 18.5 Å². The lowest BCUT2D eigenvalue weighted by atomic mass is 9.95. The van der Waals surface area contributed by atoms with Crippen LogP contribution in [0.3, 0.4) is 0 Å². The van der Waals surface area contributed by atoms with Crippen LogP contribution < -0.4 is 5.32 Å².